The van der Waals surface area contributed by atoms with Gasteiger partial charge in [-0.1, -0.05) is 30.3 Å². The molecule has 19 heavy (non-hydrogen) atoms. The molecule has 0 aromatic heterocycles. The van der Waals surface area contributed by atoms with Crippen LogP contribution in [0.2, 0.25) is 0 Å². The van der Waals surface area contributed by atoms with Gasteiger partial charge in [0, 0.05) is 0 Å². The van der Waals surface area contributed by atoms with Gasteiger partial charge in [0.2, 0.25) is 0 Å². The van der Waals surface area contributed by atoms with Crippen LogP contribution in [0.15, 0.2) is 48.5 Å². The van der Waals surface area contributed by atoms with E-state index in [2.05, 4.69) is 0 Å². The molecule has 0 atom stereocenters. The van der Waals surface area contributed by atoms with Gasteiger partial charge in [-0.2, -0.15) is 0 Å². The number of hydrogen-bond acceptors (Lipinski definition) is 2. The molecule has 0 heterocycles. The van der Waals surface area contributed by atoms with Crippen molar-refractivity contribution in [3.8, 4) is 11.1 Å². The summed E-state index contributed by atoms with van der Waals surface area (Å²) in [7, 11) is 0. The maximum atomic E-state index is 11.0. The molecular formula is C14H11FO4. The Hall–Kier alpha value is -2.69. The van der Waals surface area contributed by atoms with Crippen molar-refractivity contribution in [1.29, 1.82) is 0 Å². The molecule has 0 spiro atoms. The third-order valence-corrected chi connectivity index (χ3v) is 2.53. The Morgan fingerprint density at radius 3 is 1.63 bits per heavy atom. The zero-order chi connectivity index (χ0) is 13.1. The van der Waals surface area contributed by atoms with Crippen LogP contribution in [0.25, 0.3) is 11.1 Å². The van der Waals surface area contributed by atoms with Crippen molar-refractivity contribution >= 4 is 11.9 Å². The summed E-state index contributed by atoms with van der Waals surface area (Å²) in [5.74, 6) is -2.29. The second-order valence-corrected chi connectivity index (χ2v) is 3.78. The van der Waals surface area contributed by atoms with E-state index in [9.17, 15) is 9.59 Å². The molecule has 2 aromatic rings. The molecule has 0 radical (unpaired) electrons. The van der Waals surface area contributed by atoms with E-state index in [1.165, 1.54) is 12.1 Å². The van der Waals surface area contributed by atoms with Crippen LogP contribution < -0.4 is 0 Å². The third-order valence-electron chi connectivity index (χ3n) is 2.53. The lowest BCUT2D eigenvalue weighted by molar-refractivity contribution is 0.0696. The molecule has 0 unspecified atom stereocenters. The summed E-state index contributed by atoms with van der Waals surface area (Å²) in [6.45, 7) is 0. The molecule has 0 aliphatic heterocycles. The largest absolute Gasteiger partial charge is 0.478 e. The molecule has 5 heteroatoms. The van der Waals surface area contributed by atoms with Crippen LogP contribution >= 0.6 is 0 Å². The van der Waals surface area contributed by atoms with Crippen molar-refractivity contribution in [1.82, 2.24) is 0 Å². The minimum Gasteiger partial charge on any atom is -0.478 e. The lowest BCUT2D eigenvalue weighted by Crippen LogP contribution is -2.02. The van der Waals surface area contributed by atoms with E-state index in [1.807, 2.05) is 18.2 Å². The Morgan fingerprint density at radius 1 is 0.737 bits per heavy atom. The lowest BCUT2D eigenvalue weighted by atomic mass is 10.00. The Balaban J connectivity index is 0.00000180. The zero-order valence-electron chi connectivity index (χ0n) is 9.74. The average Bonchev–Trinajstić information content (AvgIpc) is 2.39. The zero-order valence-corrected chi connectivity index (χ0v) is 9.74. The molecule has 2 rings (SSSR count). The third kappa shape index (κ3) is 3.16. The summed E-state index contributed by atoms with van der Waals surface area (Å²) >= 11 is 0. The van der Waals surface area contributed by atoms with Gasteiger partial charge in [-0.15, -0.1) is 0 Å². The summed E-state index contributed by atoms with van der Waals surface area (Å²) in [5.41, 5.74) is 1.29. The normalized spacial score (nSPS) is 9.47. The van der Waals surface area contributed by atoms with Crippen LogP contribution in [0.3, 0.4) is 0 Å². The molecule has 0 aliphatic rings. The smallest absolute Gasteiger partial charge is 0.335 e. The number of carboxylic acids is 2. The first-order chi connectivity index (χ1) is 8.58. The fraction of sp³-hybridized carbons (Fsp3) is 0. The first kappa shape index (κ1) is 14.4. The molecule has 0 amide bonds. The number of halogens is 1. The van der Waals surface area contributed by atoms with E-state index in [4.69, 9.17) is 10.2 Å². The summed E-state index contributed by atoms with van der Waals surface area (Å²) in [6.07, 6.45) is 0. The maximum absolute atomic E-state index is 11.0. The highest BCUT2D eigenvalue weighted by Gasteiger charge is 2.11. The summed E-state index contributed by atoms with van der Waals surface area (Å²) in [5, 5.41) is 17.9. The molecule has 2 aromatic carbocycles. The predicted molar refractivity (Wildman–Crippen MR) is 68.3 cm³/mol. The van der Waals surface area contributed by atoms with Crippen LogP contribution in [0, 0.1) is 0 Å². The fourth-order valence-electron chi connectivity index (χ4n) is 1.67. The van der Waals surface area contributed by atoms with Crippen LogP contribution in [0.1, 0.15) is 20.7 Å². The highest BCUT2D eigenvalue weighted by atomic mass is 19.0. The van der Waals surface area contributed by atoms with Gasteiger partial charge in [-0.3, -0.25) is 4.70 Å². The van der Waals surface area contributed by atoms with E-state index in [1.54, 1.807) is 12.1 Å². The quantitative estimate of drug-likeness (QED) is 0.891. The average molecular weight is 262 g/mol. The Kier molecular flexibility index (Phi) is 4.36. The number of aromatic carboxylic acids is 2. The highest BCUT2D eigenvalue weighted by Crippen LogP contribution is 2.22. The molecule has 98 valence electrons. The van der Waals surface area contributed by atoms with Crippen LogP contribution in [0.5, 0.6) is 0 Å². The van der Waals surface area contributed by atoms with Gasteiger partial charge in [-0.05, 0) is 29.3 Å². The molecule has 2 N–H and O–H groups in total. The summed E-state index contributed by atoms with van der Waals surface area (Å²) in [6, 6.07) is 13.1. The van der Waals surface area contributed by atoms with Gasteiger partial charge < -0.3 is 10.2 Å². The Labute approximate surface area is 108 Å². The Bertz CT molecular complexity index is 576. The molecule has 0 saturated heterocycles. The van der Waals surface area contributed by atoms with E-state index in [-0.39, 0.29) is 15.8 Å². The molecular weight excluding hydrogens is 251 g/mol. The van der Waals surface area contributed by atoms with Gasteiger partial charge in [-0.25, -0.2) is 9.59 Å². The lowest BCUT2D eigenvalue weighted by Gasteiger charge is -2.05. The molecule has 0 saturated carbocycles. The van der Waals surface area contributed by atoms with Gasteiger partial charge in [0.05, 0.1) is 11.1 Å². The van der Waals surface area contributed by atoms with Crippen molar-refractivity contribution in [3.63, 3.8) is 0 Å². The summed E-state index contributed by atoms with van der Waals surface area (Å²) in [4.78, 5) is 21.9. The number of carbonyl (C=O) groups is 2. The minimum absolute atomic E-state index is 0. The monoisotopic (exact) mass is 262 g/mol. The van der Waals surface area contributed by atoms with Crippen molar-refractivity contribution in [2.75, 3.05) is 0 Å². The van der Waals surface area contributed by atoms with Crippen LogP contribution in [-0.4, -0.2) is 22.2 Å². The maximum Gasteiger partial charge on any atom is 0.335 e. The van der Waals surface area contributed by atoms with Gasteiger partial charge in [0.15, 0.2) is 0 Å². The van der Waals surface area contributed by atoms with Gasteiger partial charge in [0.1, 0.15) is 0 Å². The topological polar surface area (TPSA) is 74.6 Å². The van der Waals surface area contributed by atoms with Crippen molar-refractivity contribution in [2.24, 2.45) is 0 Å². The number of benzene rings is 2. The van der Waals surface area contributed by atoms with Crippen molar-refractivity contribution < 1.29 is 24.5 Å². The standard InChI is InChI=1S/C14H10O4.FH/c15-13(16)11-6-10(7-12(8-11)14(17)18)9-4-2-1-3-5-9;/h1-8H,(H,15,16)(H,17,18);1H. The first-order valence-corrected chi connectivity index (χ1v) is 5.25. The molecule has 4 nitrogen and oxygen atoms in total. The number of hydrogen-bond donors (Lipinski definition) is 2. The molecule has 0 aliphatic carbocycles. The summed E-state index contributed by atoms with van der Waals surface area (Å²) < 4.78 is 0. The predicted octanol–water partition coefficient (Wildman–Crippen LogP) is 2.90. The number of carboxylic acid groups (broad SMARTS) is 2. The minimum atomic E-state index is -1.14. The van der Waals surface area contributed by atoms with E-state index in [0.29, 0.717) is 5.56 Å². The second kappa shape index (κ2) is 5.77. The first-order valence-electron chi connectivity index (χ1n) is 5.25. The van der Waals surface area contributed by atoms with Crippen LogP contribution in [-0.2, 0) is 0 Å². The van der Waals surface area contributed by atoms with Crippen molar-refractivity contribution in [2.45, 2.75) is 0 Å². The fourth-order valence-corrected chi connectivity index (χ4v) is 1.67. The molecule has 0 fully saturated rings. The van der Waals surface area contributed by atoms with E-state index in [0.717, 1.165) is 11.6 Å². The SMILES string of the molecule is F.O=C(O)c1cc(C(=O)O)cc(-c2ccccc2)c1. The van der Waals surface area contributed by atoms with Gasteiger partial charge in [0.25, 0.3) is 0 Å². The van der Waals surface area contributed by atoms with E-state index >= 15 is 0 Å². The molecule has 0 bridgehead atoms. The van der Waals surface area contributed by atoms with Crippen molar-refractivity contribution in [3.05, 3.63) is 59.7 Å². The highest BCUT2D eigenvalue weighted by molar-refractivity contribution is 5.96. The Morgan fingerprint density at radius 2 is 1.21 bits per heavy atom. The van der Waals surface area contributed by atoms with Gasteiger partial charge >= 0.3 is 11.9 Å². The van der Waals surface area contributed by atoms with Crippen LogP contribution in [0.4, 0.5) is 4.70 Å². The number of rotatable bonds is 3. The van der Waals surface area contributed by atoms with E-state index < -0.39 is 11.9 Å². The second-order valence-electron chi connectivity index (χ2n) is 3.78.